The molecule has 1 aromatic carbocycles. The first-order valence-corrected chi connectivity index (χ1v) is 14.1. The van der Waals surface area contributed by atoms with Gasteiger partial charge in [0.25, 0.3) is 0 Å². The van der Waals surface area contributed by atoms with Crippen LogP contribution in [-0.2, 0) is 6.54 Å². The molecule has 32 heavy (non-hydrogen) atoms. The van der Waals surface area contributed by atoms with Gasteiger partial charge in [0.05, 0.1) is 0 Å². The van der Waals surface area contributed by atoms with Crippen molar-refractivity contribution < 1.29 is 0 Å². The minimum absolute atomic E-state index is 0.657. The Hall–Kier alpha value is -1.08. The van der Waals surface area contributed by atoms with Crippen LogP contribution in [0.25, 0.3) is 6.08 Å². The lowest BCUT2D eigenvalue weighted by molar-refractivity contribution is 0.126. The Morgan fingerprint density at radius 2 is 1.06 bits per heavy atom. The first-order valence-electron chi connectivity index (χ1n) is 14.1. The number of hydrogen-bond donors (Lipinski definition) is 0. The predicted molar refractivity (Wildman–Crippen MR) is 146 cm³/mol. The molecular weight excluding hydrogens is 386 g/mol. The zero-order valence-electron chi connectivity index (χ0n) is 22.2. The van der Waals surface area contributed by atoms with Gasteiger partial charge in [0, 0.05) is 18.6 Å². The van der Waals surface area contributed by atoms with Crippen molar-refractivity contribution in [1.29, 1.82) is 0 Å². The van der Waals surface area contributed by atoms with Crippen molar-refractivity contribution in [2.75, 3.05) is 0 Å². The molecule has 2 unspecified atom stereocenters. The Balaban J connectivity index is 2.51. The zero-order chi connectivity index (χ0) is 23.4. The van der Waals surface area contributed by atoms with Crippen molar-refractivity contribution in [2.45, 2.75) is 149 Å². The van der Waals surface area contributed by atoms with E-state index in [9.17, 15) is 0 Å². The van der Waals surface area contributed by atoms with E-state index in [0.717, 1.165) is 6.54 Å². The molecule has 1 nitrogen and oxygen atoms in total. The Bertz CT molecular complexity index is 522. The van der Waals surface area contributed by atoms with Crippen molar-refractivity contribution in [1.82, 2.24) is 4.90 Å². The quantitative estimate of drug-likeness (QED) is 0.171. The summed E-state index contributed by atoms with van der Waals surface area (Å²) in [5.74, 6) is 0. The van der Waals surface area contributed by atoms with Crippen LogP contribution in [0, 0.1) is 0 Å². The summed E-state index contributed by atoms with van der Waals surface area (Å²) in [6, 6.07) is 10.3. The van der Waals surface area contributed by atoms with Gasteiger partial charge in [0.1, 0.15) is 0 Å². The van der Waals surface area contributed by atoms with E-state index in [4.69, 9.17) is 0 Å². The fourth-order valence-electron chi connectivity index (χ4n) is 4.84. The molecule has 1 aromatic rings. The zero-order valence-corrected chi connectivity index (χ0v) is 22.2. The van der Waals surface area contributed by atoms with E-state index in [1.807, 2.05) is 6.08 Å². The minimum Gasteiger partial charge on any atom is -0.294 e. The highest BCUT2D eigenvalue weighted by Crippen LogP contribution is 2.22. The lowest BCUT2D eigenvalue weighted by Crippen LogP contribution is -2.39. The van der Waals surface area contributed by atoms with Crippen molar-refractivity contribution in [2.24, 2.45) is 0 Å². The summed E-state index contributed by atoms with van der Waals surface area (Å²) in [4.78, 5) is 2.79. The van der Waals surface area contributed by atoms with Gasteiger partial charge >= 0.3 is 0 Å². The molecule has 2 atom stereocenters. The monoisotopic (exact) mass is 441 g/mol. The molecule has 0 aliphatic rings. The average molecular weight is 442 g/mol. The number of nitrogens with zero attached hydrogens (tertiary/aromatic N) is 1. The number of hydrogen-bond acceptors (Lipinski definition) is 1. The van der Waals surface area contributed by atoms with E-state index in [2.05, 4.69) is 63.4 Å². The largest absolute Gasteiger partial charge is 0.294 e. The molecule has 0 radical (unpaired) electrons. The van der Waals surface area contributed by atoms with E-state index < -0.39 is 0 Å². The molecule has 0 aliphatic carbocycles. The highest BCUT2D eigenvalue weighted by molar-refractivity contribution is 5.47. The Labute approximate surface area is 202 Å². The van der Waals surface area contributed by atoms with Crippen LogP contribution in [0.3, 0.4) is 0 Å². The Kier molecular flexibility index (Phi) is 17.5. The lowest BCUT2D eigenvalue weighted by atomic mass is 10.00. The Morgan fingerprint density at radius 3 is 1.47 bits per heavy atom. The van der Waals surface area contributed by atoms with Crippen LogP contribution in [-0.4, -0.2) is 17.0 Å². The molecular formula is C31H55N. The number of rotatable bonds is 21. The second-order valence-corrected chi connectivity index (χ2v) is 10.1. The fourth-order valence-corrected chi connectivity index (χ4v) is 4.84. The summed E-state index contributed by atoms with van der Waals surface area (Å²) in [5, 5.41) is 0. The maximum Gasteiger partial charge on any atom is 0.0239 e. The van der Waals surface area contributed by atoms with Gasteiger partial charge in [-0.1, -0.05) is 141 Å². The highest BCUT2D eigenvalue weighted by atomic mass is 15.2. The van der Waals surface area contributed by atoms with Crippen LogP contribution in [0.2, 0.25) is 0 Å². The number of benzene rings is 1. The van der Waals surface area contributed by atoms with Gasteiger partial charge in [-0.2, -0.15) is 0 Å². The highest BCUT2D eigenvalue weighted by Gasteiger charge is 2.20. The first kappa shape index (κ1) is 29.0. The fraction of sp³-hybridized carbons (Fsp3) is 0.742. The standard InChI is InChI=1S/C31H55N/c1-6-9-11-13-15-17-19-21-28(4)32(27-31-25-23-30(8-3)24-26-31)29(5)22-20-18-16-14-12-10-7-2/h8,23-26,28-29H,3,6-7,9-22,27H2,1-2,4-5H3. The van der Waals surface area contributed by atoms with Crippen LogP contribution in [0.4, 0.5) is 0 Å². The van der Waals surface area contributed by atoms with Crippen LogP contribution >= 0.6 is 0 Å². The van der Waals surface area contributed by atoms with Gasteiger partial charge < -0.3 is 0 Å². The molecule has 0 saturated heterocycles. The predicted octanol–water partition coefficient (Wildman–Crippen LogP) is 10.2. The molecule has 0 N–H and O–H groups in total. The Morgan fingerprint density at radius 1 is 0.656 bits per heavy atom. The second kappa shape index (κ2) is 19.4. The molecule has 1 rings (SSSR count). The summed E-state index contributed by atoms with van der Waals surface area (Å²) in [6.45, 7) is 14.5. The van der Waals surface area contributed by atoms with E-state index >= 15 is 0 Å². The third kappa shape index (κ3) is 13.5. The SMILES string of the molecule is C=Cc1ccc(CN(C(C)CCCCCCCCC)C(C)CCCCCCCCC)cc1. The molecule has 184 valence electrons. The van der Waals surface area contributed by atoms with Crippen LogP contribution in [0.5, 0.6) is 0 Å². The molecule has 0 bridgehead atoms. The van der Waals surface area contributed by atoms with Crippen LogP contribution in [0.15, 0.2) is 30.8 Å². The third-order valence-electron chi connectivity index (χ3n) is 7.16. The van der Waals surface area contributed by atoms with Gasteiger partial charge in [-0.25, -0.2) is 0 Å². The average Bonchev–Trinajstić information content (AvgIpc) is 2.81. The van der Waals surface area contributed by atoms with Crippen molar-refractivity contribution in [3.8, 4) is 0 Å². The van der Waals surface area contributed by atoms with Crippen LogP contribution < -0.4 is 0 Å². The van der Waals surface area contributed by atoms with Gasteiger partial charge in [-0.15, -0.1) is 0 Å². The van der Waals surface area contributed by atoms with Crippen molar-refractivity contribution >= 4 is 6.08 Å². The van der Waals surface area contributed by atoms with Gasteiger partial charge in [-0.05, 0) is 37.8 Å². The maximum absolute atomic E-state index is 3.90. The van der Waals surface area contributed by atoms with E-state index in [1.54, 1.807) is 0 Å². The van der Waals surface area contributed by atoms with Gasteiger partial charge in [0.15, 0.2) is 0 Å². The topological polar surface area (TPSA) is 3.24 Å². The molecule has 0 heterocycles. The number of unbranched alkanes of at least 4 members (excludes halogenated alkanes) is 12. The maximum atomic E-state index is 3.90. The van der Waals surface area contributed by atoms with Crippen LogP contribution in [0.1, 0.15) is 142 Å². The van der Waals surface area contributed by atoms with Crippen molar-refractivity contribution in [3.63, 3.8) is 0 Å². The molecule has 0 aliphatic heterocycles. The molecule has 0 spiro atoms. The van der Waals surface area contributed by atoms with E-state index in [1.165, 1.54) is 114 Å². The van der Waals surface area contributed by atoms with Crippen molar-refractivity contribution in [3.05, 3.63) is 42.0 Å². The van der Waals surface area contributed by atoms with E-state index in [0.29, 0.717) is 12.1 Å². The molecule has 1 heteroatoms. The molecule has 0 aromatic heterocycles. The smallest absolute Gasteiger partial charge is 0.0239 e. The van der Waals surface area contributed by atoms with E-state index in [-0.39, 0.29) is 0 Å². The lowest BCUT2D eigenvalue weighted by Gasteiger charge is -2.35. The molecule has 0 saturated carbocycles. The summed E-state index contributed by atoms with van der Waals surface area (Å²) >= 11 is 0. The second-order valence-electron chi connectivity index (χ2n) is 10.1. The summed E-state index contributed by atoms with van der Waals surface area (Å²) in [5.41, 5.74) is 2.65. The normalized spacial score (nSPS) is 13.4. The molecule has 0 fully saturated rings. The minimum atomic E-state index is 0.657. The third-order valence-corrected chi connectivity index (χ3v) is 7.16. The summed E-state index contributed by atoms with van der Waals surface area (Å²) in [7, 11) is 0. The summed E-state index contributed by atoms with van der Waals surface area (Å²) in [6.07, 6.45) is 24.2. The van der Waals surface area contributed by atoms with Gasteiger partial charge in [0.2, 0.25) is 0 Å². The first-order chi connectivity index (χ1) is 15.6. The molecule has 0 amide bonds. The summed E-state index contributed by atoms with van der Waals surface area (Å²) < 4.78 is 0. The van der Waals surface area contributed by atoms with Gasteiger partial charge in [-0.3, -0.25) is 4.90 Å².